The maximum Gasteiger partial charge on any atom is 0.257 e. The molecule has 0 spiro atoms. The Bertz CT molecular complexity index is 1500. The average molecular weight is 577 g/mol. The second-order valence-corrected chi connectivity index (χ2v) is 11.4. The van der Waals surface area contributed by atoms with Crippen molar-refractivity contribution < 1.29 is 14.6 Å². The lowest BCUT2D eigenvalue weighted by molar-refractivity contribution is 0.0342. The lowest BCUT2D eigenvalue weighted by Gasteiger charge is -2.30. The van der Waals surface area contributed by atoms with Crippen molar-refractivity contribution in [3.8, 4) is 11.8 Å². The monoisotopic (exact) mass is 576 g/mol. The summed E-state index contributed by atoms with van der Waals surface area (Å²) in [5.41, 5.74) is 3.16. The fourth-order valence-electron chi connectivity index (χ4n) is 5.65. The van der Waals surface area contributed by atoms with Crippen molar-refractivity contribution in [1.82, 2.24) is 19.7 Å². The van der Waals surface area contributed by atoms with E-state index in [4.69, 9.17) is 16.3 Å². The molecule has 3 heterocycles. The molecular formula is C32H37ClN4O4. The number of benzene rings is 2. The summed E-state index contributed by atoms with van der Waals surface area (Å²) in [5, 5.41) is 13.6. The topological polar surface area (TPSA) is 87.0 Å². The predicted octanol–water partition coefficient (Wildman–Crippen LogP) is 3.01. The minimum absolute atomic E-state index is 0.0970. The molecule has 216 valence electrons. The number of piperidine rings is 1. The van der Waals surface area contributed by atoms with Gasteiger partial charge in [0.15, 0.2) is 0 Å². The van der Waals surface area contributed by atoms with Gasteiger partial charge in [0.25, 0.3) is 5.91 Å². The third kappa shape index (κ3) is 7.37. The Kier molecular flexibility index (Phi) is 9.76. The summed E-state index contributed by atoms with van der Waals surface area (Å²) >= 11 is 5.97. The number of aliphatic hydroxyl groups excluding tert-OH is 1. The van der Waals surface area contributed by atoms with E-state index in [9.17, 15) is 14.7 Å². The fraction of sp³-hybridized carbons (Fsp3) is 0.438. The number of halogens is 1. The summed E-state index contributed by atoms with van der Waals surface area (Å²) in [6, 6.07) is 11.2. The number of aromatic nitrogens is 1. The molecule has 3 aromatic rings. The molecule has 2 saturated heterocycles. The summed E-state index contributed by atoms with van der Waals surface area (Å²) in [6.07, 6.45) is 3.71. The number of aliphatic hydroxyl groups is 1. The van der Waals surface area contributed by atoms with Gasteiger partial charge in [-0.1, -0.05) is 35.6 Å². The number of rotatable bonds is 7. The molecule has 0 saturated carbocycles. The van der Waals surface area contributed by atoms with E-state index in [-0.39, 0.29) is 17.6 Å². The molecule has 41 heavy (non-hydrogen) atoms. The fourth-order valence-corrected chi connectivity index (χ4v) is 5.77. The average Bonchev–Trinajstić information content (AvgIpc) is 2.99. The zero-order valence-corrected chi connectivity index (χ0v) is 24.3. The maximum atomic E-state index is 13.8. The van der Waals surface area contributed by atoms with Crippen LogP contribution in [-0.2, 0) is 24.9 Å². The number of hydrogen-bond acceptors (Lipinski definition) is 6. The Morgan fingerprint density at radius 2 is 1.90 bits per heavy atom. The quantitative estimate of drug-likeness (QED) is 0.421. The number of nitrogens with zero attached hydrogens (tertiary/aromatic N) is 3. The second-order valence-electron chi connectivity index (χ2n) is 10.9. The number of amides is 1. The molecule has 9 heteroatoms. The summed E-state index contributed by atoms with van der Waals surface area (Å²) in [5.74, 6) is 6.55. The van der Waals surface area contributed by atoms with Crippen LogP contribution in [0.15, 0.2) is 47.4 Å². The van der Waals surface area contributed by atoms with Crippen LogP contribution in [0.25, 0.3) is 10.9 Å². The van der Waals surface area contributed by atoms with E-state index in [1.54, 1.807) is 18.3 Å². The normalized spacial score (nSPS) is 18.2. The van der Waals surface area contributed by atoms with Crippen molar-refractivity contribution in [3.05, 3.63) is 80.1 Å². The van der Waals surface area contributed by atoms with Crippen molar-refractivity contribution in [1.29, 1.82) is 0 Å². The van der Waals surface area contributed by atoms with Crippen LogP contribution >= 0.6 is 11.6 Å². The number of carbonyl (C=O) groups excluding carboxylic acids is 1. The highest BCUT2D eigenvalue weighted by atomic mass is 35.5. The Morgan fingerprint density at radius 1 is 1.12 bits per heavy atom. The van der Waals surface area contributed by atoms with Crippen molar-refractivity contribution >= 4 is 28.4 Å². The zero-order chi connectivity index (χ0) is 28.8. The highest BCUT2D eigenvalue weighted by Gasteiger charge is 2.20. The smallest absolute Gasteiger partial charge is 0.257 e. The van der Waals surface area contributed by atoms with Crippen LogP contribution in [0.5, 0.6) is 0 Å². The second kappa shape index (κ2) is 13.6. The number of likely N-dealkylation sites (tertiary alicyclic amines) is 1. The molecular weight excluding hydrogens is 540 g/mol. The first-order chi connectivity index (χ1) is 19.9. The standard InChI is InChI=1S/C32H37ClN4O4/c1-35-21-29(32(40)34-18-23-6-8-27(33)9-7-23)31(39)28-17-25(20-37-12-14-41-15-13-37)16-26(30(28)35)5-3-11-36-10-2-4-24(19-36)22-38/h6-9,16-17,21,24,38H,2,4,10-15,18-20,22H2,1H3,(H,34,40). The highest BCUT2D eigenvalue weighted by Crippen LogP contribution is 2.21. The van der Waals surface area contributed by atoms with Gasteiger partial charge in [-0.05, 0) is 60.7 Å². The van der Waals surface area contributed by atoms with E-state index < -0.39 is 5.91 Å². The summed E-state index contributed by atoms with van der Waals surface area (Å²) in [6.45, 7) is 6.60. The van der Waals surface area contributed by atoms with Crippen LogP contribution in [0.3, 0.4) is 0 Å². The van der Waals surface area contributed by atoms with Gasteiger partial charge in [-0.3, -0.25) is 19.4 Å². The Labute approximate surface area is 245 Å². The number of ether oxygens (including phenoxy) is 1. The number of morpholine rings is 1. The molecule has 2 aliphatic rings. The first kappa shape index (κ1) is 29.3. The van der Waals surface area contributed by atoms with Gasteiger partial charge >= 0.3 is 0 Å². The van der Waals surface area contributed by atoms with Gasteiger partial charge in [-0.25, -0.2) is 0 Å². The minimum Gasteiger partial charge on any atom is -0.396 e. The first-order valence-electron chi connectivity index (χ1n) is 14.2. The van der Waals surface area contributed by atoms with Crippen molar-refractivity contribution in [3.63, 3.8) is 0 Å². The van der Waals surface area contributed by atoms with Crippen molar-refractivity contribution in [2.45, 2.75) is 25.9 Å². The molecule has 8 nitrogen and oxygen atoms in total. The van der Waals surface area contributed by atoms with Crippen LogP contribution in [0.2, 0.25) is 5.02 Å². The minimum atomic E-state index is -0.419. The largest absolute Gasteiger partial charge is 0.396 e. The molecule has 0 bridgehead atoms. The maximum absolute atomic E-state index is 13.8. The molecule has 1 unspecified atom stereocenters. The molecule has 2 fully saturated rings. The third-order valence-electron chi connectivity index (χ3n) is 7.84. The molecule has 5 rings (SSSR count). The lowest BCUT2D eigenvalue weighted by atomic mass is 9.99. The molecule has 0 aliphatic carbocycles. The number of carbonyl (C=O) groups is 1. The van der Waals surface area contributed by atoms with Crippen molar-refractivity contribution in [2.24, 2.45) is 13.0 Å². The van der Waals surface area contributed by atoms with Crippen LogP contribution in [0.4, 0.5) is 0 Å². The summed E-state index contributed by atoms with van der Waals surface area (Å²) < 4.78 is 7.34. The molecule has 0 radical (unpaired) electrons. The van der Waals surface area contributed by atoms with Crippen LogP contribution in [-0.4, -0.2) is 77.9 Å². The molecule has 1 atom stereocenters. The van der Waals surface area contributed by atoms with E-state index >= 15 is 0 Å². The van der Waals surface area contributed by atoms with Gasteiger partial charge in [-0.2, -0.15) is 0 Å². The van der Waals surface area contributed by atoms with Gasteiger partial charge in [0.05, 0.1) is 25.3 Å². The van der Waals surface area contributed by atoms with Crippen LogP contribution in [0, 0.1) is 17.8 Å². The van der Waals surface area contributed by atoms with Gasteiger partial charge in [0, 0.05) is 68.5 Å². The molecule has 2 aliphatic heterocycles. The zero-order valence-electron chi connectivity index (χ0n) is 23.5. The number of aryl methyl sites for hydroxylation is 1. The Balaban J connectivity index is 1.46. The Hall–Kier alpha value is -3.19. The molecule has 2 aromatic carbocycles. The van der Waals surface area contributed by atoms with E-state index in [0.717, 1.165) is 55.7 Å². The van der Waals surface area contributed by atoms with Gasteiger partial charge in [0.2, 0.25) is 5.43 Å². The SMILES string of the molecule is Cn1cc(C(=O)NCc2ccc(Cl)cc2)c(=O)c2cc(CN3CCOCC3)cc(C#CCN3CCCC(CO)C3)c21. The van der Waals surface area contributed by atoms with E-state index in [2.05, 4.69) is 33.0 Å². The number of nitrogens with one attached hydrogen (secondary N) is 1. The third-order valence-corrected chi connectivity index (χ3v) is 8.09. The van der Waals surface area contributed by atoms with E-state index in [0.29, 0.717) is 54.7 Å². The van der Waals surface area contributed by atoms with Gasteiger partial charge in [0.1, 0.15) is 5.56 Å². The van der Waals surface area contributed by atoms with Crippen LogP contribution in [0.1, 0.15) is 39.9 Å². The van der Waals surface area contributed by atoms with Gasteiger partial charge < -0.3 is 19.7 Å². The number of pyridine rings is 1. The molecule has 1 amide bonds. The van der Waals surface area contributed by atoms with Crippen molar-refractivity contribution in [2.75, 3.05) is 52.5 Å². The number of fused-ring (bicyclic) bond motifs is 1. The highest BCUT2D eigenvalue weighted by molar-refractivity contribution is 6.30. The first-order valence-corrected chi connectivity index (χ1v) is 14.6. The summed E-state index contributed by atoms with van der Waals surface area (Å²) in [7, 11) is 1.85. The van der Waals surface area contributed by atoms with E-state index in [1.807, 2.05) is 29.8 Å². The summed E-state index contributed by atoms with van der Waals surface area (Å²) in [4.78, 5) is 31.5. The predicted molar refractivity (Wildman–Crippen MR) is 161 cm³/mol. The van der Waals surface area contributed by atoms with E-state index in [1.165, 1.54) is 0 Å². The van der Waals surface area contributed by atoms with Gasteiger partial charge in [-0.15, -0.1) is 0 Å². The Morgan fingerprint density at radius 3 is 2.66 bits per heavy atom. The van der Waals surface area contributed by atoms with Crippen LogP contribution < -0.4 is 10.7 Å². The molecule has 2 N–H and O–H groups in total. The molecule has 1 aromatic heterocycles. The lowest BCUT2D eigenvalue weighted by Crippen LogP contribution is -2.36. The number of hydrogen-bond donors (Lipinski definition) is 2.